The Morgan fingerprint density at radius 1 is 1.09 bits per heavy atom. The molecule has 2 heterocycles. The van der Waals surface area contributed by atoms with Crippen molar-refractivity contribution >= 4 is 41.2 Å². The van der Waals surface area contributed by atoms with Gasteiger partial charge < -0.3 is 10.8 Å². The highest BCUT2D eigenvalue weighted by Crippen LogP contribution is 2.19. The van der Waals surface area contributed by atoms with Crippen molar-refractivity contribution in [3.8, 4) is 11.3 Å². The number of ketones is 1. The summed E-state index contributed by atoms with van der Waals surface area (Å²) in [5.41, 5.74) is 8.49. The monoisotopic (exact) mass is 459 g/mol. The smallest absolute Gasteiger partial charge is 0.333 e. The summed E-state index contributed by atoms with van der Waals surface area (Å²) in [5, 5.41) is 7.86. The van der Waals surface area contributed by atoms with Gasteiger partial charge in [-0.05, 0) is 30.7 Å². The number of nitrogens with one attached hydrogen (secondary N) is 1. The lowest BCUT2D eigenvalue weighted by atomic mass is 10.1. The number of fused-ring (bicyclic) bond motifs is 1. The second-order valence-corrected chi connectivity index (χ2v) is 7.17. The van der Waals surface area contributed by atoms with Crippen LogP contribution in [0.5, 0.6) is 0 Å². The zero-order valence-electron chi connectivity index (χ0n) is 18.1. The van der Waals surface area contributed by atoms with Crippen molar-refractivity contribution in [1.29, 1.82) is 0 Å². The first-order valence-electron chi connectivity index (χ1n) is 10.1. The van der Waals surface area contributed by atoms with E-state index in [1.807, 2.05) is 36.4 Å². The minimum absolute atomic E-state index is 0.312. The zero-order valence-corrected chi connectivity index (χ0v) is 18.1. The van der Waals surface area contributed by atoms with E-state index in [4.69, 9.17) is 10.8 Å². The van der Waals surface area contributed by atoms with Gasteiger partial charge in [0.25, 0.3) is 0 Å². The molecule has 4 rings (SSSR count). The number of carbonyl (C=O) groups is 3. The summed E-state index contributed by atoms with van der Waals surface area (Å²) in [4.78, 5) is 54.4. The van der Waals surface area contributed by atoms with Gasteiger partial charge in [-0.15, -0.1) is 0 Å². The van der Waals surface area contributed by atoms with Gasteiger partial charge in [0.05, 0.1) is 11.9 Å². The van der Waals surface area contributed by atoms with Gasteiger partial charge in [0, 0.05) is 17.3 Å². The minimum atomic E-state index is -1.06. The van der Waals surface area contributed by atoms with Crippen molar-refractivity contribution < 1.29 is 19.5 Å². The predicted octanol–water partition coefficient (Wildman–Crippen LogP) is 2.56. The third-order valence-electron chi connectivity index (χ3n) is 4.51. The fourth-order valence-corrected chi connectivity index (χ4v) is 2.91. The fraction of sp³-hybridized carbons (Fsp3) is 0.0833. The summed E-state index contributed by atoms with van der Waals surface area (Å²) in [6.45, 7) is 1.24. The van der Waals surface area contributed by atoms with Gasteiger partial charge in [-0.25, -0.2) is 19.3 Å². The molecular weight excluding hydrogens is 438 g/mol. The lowest BCUT2D eigenvalue weighted by Gasteiger charge is -2.02. The number of hydrogen-bond donors (Lipinski definition) is 3. The molecule has 2 aromatic carbocycles. The summed E-state index contributed by atoms with van der Waals surface area (Å²) < 4.78 is 1.41. The average molecular weight is 459 g/mol. The highest BCUT2D eigenvalue weighted by Gasteiger charge is 2.10. The molecule has 0 aliphatic rings. The van der Waals surface area contributed by atoms with Crippen LogP contribution in [0.3, 0.4) is 0 Å². The van der Waals surface area contributed by atoms with Gasteiger partial charge in [0.15, 0.2) is 11.3 Å². The van der Waals surface area contributed by atoms with E-state index in [0.717, 1.165) is 11.1 Å². The normalized spacial score (nSPS) is 10.6. The van der Waals surface area contributed by atoms with Crippen LogP contribution < -0.4 is 11.4 Å². The molecule has 34 heavy (non-hydrogen) atoms. The number of benzene rings is 2. The number of H-pyrrole nitrogens is 1. The Kier molecular flexibility index (Phi) is 7.45. The van der Waals surface area contributed by atoms with Gasteiger partial charge in [0.1, 0.15) is 12.2 Å². The van der Waals surface area contributed by atoms with Crippen LogP contribution >= 0.6 is 0 Å². The third kappa shape index (κ3) is 6.10. The van der Waals surface area contributed by atoms with Crippen LogP contribution in [-0.4, -0.2) is 42.3 Å². The van der Waals surface area contributed by atoms with E-state index in [2.05, 4.69) is 15.0 Å². The molecule has 10 nitrogen and oxygen atoms in total. The van der Waals surface area contributed by atoms with Crippen molar-refractivity contribution in [2.75, 3.05) is 0 Å². The molecule has 0 unspecified atom stereocenters. The molecule has 0 aliphatic carbocycles. The summed E-state index contributed by atoms with van der Waals surface area (Å²) in [6.07, 6.45) is 4.69. The number of rotatable bonds is 6. The number of nitrogens with zero attached hydrogens (tertiary/aromatic N) is 3. The lowest BCUT2D eigenvalue weighted by molar-refractivity contribution is -0.139. The number of carboxylic acid groups (broad SMARTS) is 1. The topological polar surface area (TPSA) is 161 Å². The van der Waals surface area contributed by atoms with Crippen molar-refractivity contribution in [1.82, 2.24) is 19.5 Å². The maximum Gasteiger partial charge on any atom is 0.333 e. The Bertz CT molecular complexity index is 1410. The molecule has 0 fully saturated rings. The Hall–Kier alpha value is -4.86. The number of aromatic amines is 1. The van der Waals surface area contributed by atoms with Crippen LogP contribution in [0.25, 0.3) is 34.8 Å². The molecule has 0 radical (unpaired) electrons. The molecule has 0 saturated heterocycles. The Morgan fingerprint density at radius 2 is 1.76 bits per heavy atom. The van der Waals surface area contributed by atoms with Gasteiger partial charge in [0.2, 0.25) is 5.91 Å². The van der Waals surface area contributed by atoms with Crippen LogP contribution in [0.1, 0.15) is 29.3 Å². The number of Topliss-reactive ketones (excluding diaryl/α,β-unsaturated/α-hetero) is 1. The highest BCUT2D eigenvalue weighted by molar-refractivity contribution is 5.93. The van der Waals surface area contributed by atoms with E-state index in [9.17, 15) is 19.2 Å². The van der Waals surface area contributed by atoms with Gasteiger partial charge in [-0.2, -0.15) is 0 Å². The van der Waals surface area contributed by atoms with E-state index >= 15 is 0 Å². The Labute approximate surface area is 193 Å². The second kappa shape index (κ2) is 10.6. The van der Waals surface area contributed by atoms with E-state index in [0.29, 0.717) is 22.6 Å². The number of nitrogens with two attached hydrogens (primary N) is 1. The lowest BCUT2D eigenvalue weighted by Crippen LogP contribution is -2.11. The quantitative estimate of drug-likeness (QED) is 0.373. The standard InChI is InChI=1S/C20H15N5O2.C4H6O3/c21-17(26)15-8-6-14(7-9-15)16-12-22-18-19(23-16)25(20(27)24-18)11-10-13-4-2-1-3-5-13;1-3(5)2-4(6)7/h1-12H,(H2,21,26)(H,22,24,27);2H2,1H3,(H,6,7). The maximum absolute atomic E-state index is 12.3. The summed E-state index contributed by atoms with van der Waals surface area (Å²) >= 11 is 0. The van der Waals surface area contributed by atoms with Crippen LogP contribution in [0.15, 0.2) is 65.6 Å². The number of imidazole rings is 1. The number of primary amides is 1. The number of hydrogen-bond acceptors (Lipinski definition) is 6. The first-order valence-corrected chi connectivity index (χ1v) is 10.1. The number of aromatic nitrogens is 4. The fourth-order valence-electron chi connectivity index (χ4n) is 2.91. The van der Waals surface area contributed by atoms with E-state index in [1.54, 1.807) is 36.7 Å². The number of aliphatic carboxylic acids is 1. The predicted molar refractivity (Wildman–Crippen MR) is 127 cm³/mol. The van der Waals surface area contributed by atoms with Crippen molar-refractivity contribution in [3.05, 3.63) is 82.4 Å². The maximum atomic E-state index is 12.3. The first kappa shape index (κ1) is 23.8. The van der Waals surface area contributed by atoms with Crippen LogP contribution in [-0.2, 0) is 9.59 Å². The molecule has 10 heteroatoms. The molecule has 0 aliphatic heterocycles. The molecule has 1 amide bonds. The number of carbonyl (C=O) groups excluding carboxylic acids is 2. The number of amides is 1. The molecule has 4 aromatic rings. The average Bonchev–Trinajstić information content (AvgIpc) is 3.12. The Morgan fingerprint density at radius 3 is 2.32 bits per heavy atom. The van der Waals surface area contributed by atoms with Crippen LogP contribution in [0, 0.1) is 0 Å². The molecule has 0 bridgehead atoms. The van der Waals surface area contributed by atoms with E-state index < -0.39 is 11.9 Å². The van der Waals surface area contributed by atoms with Crippen LogP contribution in [0.2, 0.25) is 0 Å². The van der Waals surface area contributed by atoms with Gasteiger partial charge in [-0.3, -0.25) is 19.4 Å². The summed E-state index contributed by atoms with van der Waals surface area (Å²) in [5.74, 6) is -1.87. The summed E-state index contributed by atoms with van der Waals surface area (Å²) in [7, 11) is 0. The molecular formula is C24H21N5O5. The first-order chi connectivity index (χ1) is 16.2. The molecule has 4 N–H and O–H groups in total. The highest BCUT2D eigenvalue weighted by atomic mass is 16.4. The van der Waals surface area contributed by atoms with Crippen LogP contribution in [0.4, 0.5) is 0 Å². The summed E-state index contributed by atoms with van der Waals surface area (Å²) in [6, 6.07) is 16.4. The van der Waals surface area contributed by atoms with Crippen molar-refractivity contribution in [2.24, 2.45) is 5.73 Å². The number of carboxylic acids is 1. The molecule has 172 valence electrons. The third-order valence-corrected chi connectivity index (χ3v) is 4.51. The van der Waals surface area contributed by atoms with Gasteiger partial charge in [-0.1, -0.05) is 42.5 Å². The zero-order chi connectivity index (χ0) is 24.7. The Balaban J connectivity index is 0.000000406. The SMILES string of the molecule is CC(=O)CC(=O)O.NC(=O)c1ccc(-c2cnc3[nH]c(=O)n(C=Cc4ccccc4)c3n2)cc1. The largest absolute Gasteiger partial charge is 0.481 e. The second-order valence-electron chi connectivity index (χ2n) is 7.17. The van der Waals surface area contributed by atoms with Crippen molar-refractivity contribution in [3.63, 3.8) is 0 Å². The van der Waals surface area contributed by atoms with Gasteiger partial charge >= 0.3 is 11.7 Å². The van der Waals surface area contributed by atoms with Crippen molar-refractivity contribution in [2.45, 2.75) is 13.3 Å². The molecule has 0 spiro atoms. The minimum Gasteiger partial charge on any atom is -0.481 e. The molecule has 0 atom stereocenters. The van der Waals surface area contributed by atoms with E-state index in [1.165, 1.54) is 11.5 Å². The molecule has 2 aromatic heterocycles. The molecule has 0 saturated carbocycles. The van der Waals surface area contributed by atoms with E-state index in [-0.39, 0.29) is 17.9 Å².